The van der Waals surface area contributed by atoms with Gasteiger partial charge in [0.1, 0.15) is 0 Å². The second-order valence-electron chi connectivity index (χ2n) is 4.83. The lowest BCUT2D eigenvalue weighted by Gasteiger charge is -2.15. The number of rotatable bonds is 3. The van der Waals surface area contributed by atoms with Gasteiger partial charge in [0.25, 0.3) is 0 Å². The van der Waals surface area contributed by atoms with E-state index in [4.69, 9.17) is 0 Å². The van der Waals surface area contributed by atoms with Crippen LogP contribution < -0.4 is 0 Å². The summed E-state index contributed by atoms with van der Waals surface area (Å²) in [7, 11) is 0. The Hall–Kier alpha value is -1.05. The standard InChI is InChI=1S/C13H19NO/c1-10(2)6-8-14-9-7-11-12(14)4-3-5-13(11)15/h7,9-10H,3-6,8H2,1-2H3. The molecule has 0 saturated carbocycles. The molecule has 2 rings (SSSR count). The molecule has 0 aliphatic heterocycles. The average Bonchev–Trinajstić information content (AvgIpc) is 2.59. The van der Waals surface area contributed by atoms with E-state index in [0.717, 1.165) is 37.3 Å². The van der Waals surface area contributed by atoms with Crippen LogP contribution in [0.2, 0.25) is 0 Å². The molecule has 2 heteroatoms. The first-order valence-corrected chi connectivity index (χ1v) is 5.89. The summed E-state index contributed by atoms with van der Waals surface area (Å²) in [5, 5.41) is 0. The predicted molar refractivity (Wildman–Crippen MR) is 61.2 cm³/mol. The summed E-state index contributed by atoms with van der Waals surface area (Å²) in [6, 6.07) is 2.00. The van der Waals surface area contributed by atoms with Crippen LogP contribution in [0.15, 0.2) is 12.3 Å². The lowest BCUT2D eigenvalue weighted by Crippen LogP contribution is -2.13. The summed E-state index contributed by atoms with van der Waals surface area (Å²) in [5.74, 6) is 1.06. The third kappa shape index (κ3) is 2.14. The number of aryl methyl sites for hydroxylation is 1. The van der Waals surface area contributed by atoms with Crippen molar-refractivity contribution >= 4 is 5.78 Å². The molecule has 0 unspecified atom stereocenters. The number of nitrogens with zero attached hydrogens (tertiary/aromatic N) is 1. The van der Waals surface area contributed by atoms with Crippen molar-refractivity contribution in [3.63, 3.8) is 0 Å². The Bertz CT molecular complexity index is 363. The van der Waals surface area contributed by atoms with Crippen molar-refractivity contribution < 1.29 is 4.79 Å². The van der Waals surface area contributed by atoms with E-state index < -0.39 is 0 Å². The van der Waals surface area contributed by atoms with Crippen LogP contribution in [-0.4, -0.2) is 10.4 Å². The molecule has 0 aromatic carbocycles. The SMILES string of the molecule is CC(C)CCn1ccc2c1CCCC2=O. The van der Waals surface area contributed by atoms with Gasteiger partial charge in [0.05, 0.1) is 0 Å². The van der Waals surface area contributed by atoms with Crippen molar-refractivity contribution in [3.8, 4) is 0 Å². The highest BCUT2D eigenvalue weighted by Gasteiger charge is 2.20. The fourth-order valence-corrected chi connectivity index (χ4v) is 2.20. The first kappa shape index (κ1) is 10.5. The minimum absolute atomic E-state index is 0.333. The van der Waals surface area contributed by atoms with Crippen molar-refractivity contribution in [1.29, 1.82) is 0 Å². The molecule has 15 heavy (non-hydrogen) atoms. The molecule has 0 N–H and O–H groups in total. The lowest BCUT2D eigenvalue weighted by molar-refractivity contribution is 0.0971. The number of hydrogen-bond donors (Lipinski definition) is 0. The van der Waals surface area contributed by atoms with Gasteiger partial charge in [-0.2, -0.15) is 0 Å². The van der Waals surface area contributed by atoms with Crippen LogP contribution >= 0.6 is 0 Å². The fourth-order valence-electron chi connectivity index (χ4n) is 2.20. The van der Waals surface area contributed by atoms with Crippen LogP contribution in [0.3, 0.4) is 0 Å². The molecule has 1 heterocycles. The van der Waals surface area contributed by atoms with Crippen molar-refractivity contribution in [2.45, 2.75) is 46.1 Å². The van der Waals surface area contributed by atoms with E-state index in [1.807, 2.05) is 6.07 Å². The van der Waals surface area contributed by atoms with Gasteiger partial charge in [-0.15, -0.1) is 0 Å². The molecule has 0 radical (unpaired) electrons. The largest absolute Gasteiger partial charge is 0.351 e. The maximum absolute atomic E-state index is 11.6. The number of carbonyl (C=O) groups is 1. The zero-order valence-electron chi connectivity index (χ0n) is 9.62. The molecule has 0 amide bonds. The van der Waals surface area contributed by atoms with Gasteiger partial charge in [-0.1, -0.05) is 13.8 Å². The molecule has 1 aromatic rings. The van der Waals surface area contributed by atoms with Crippen LogP contribution in [0.1, 0.15) is 49.2 Å². The van der Waals surface area contributed by atoms with Gasteiger partial charge in [-0.3, -0.25) is 4.79 Å². The monoisotopic (exact) mass is 205 g/mol. The number of carbonyl (C=O) groups excluding carboxylic acids is 1. The zero-order valence-corrected chi connectivity index (χ0v) is 9.62. The quantitative estimate of drug-likeness (QED) is 0.743. The van der Waals surface area contributed by atoms with Gasteiger partial charge in [0.15, 0.2) is 5.78 Å². The Morgan fingerprint density at radius 1 is 1.40 bits per heavy atom. The van der Waals surface area contributed by atoms with E-state index in [0.29, 0.717) is 5.78 Å². The molecule has 1 aliphatic rings. The third-order valence-electron chi connectivity index (χ3n) is 3.14. The molecular formula is C13H19NO. The average molecular weight is 205 g/mol. The van der Waals surface area contributed by atoms with E-state index in [-0.39, 0.29) is 0 Å². The van der Waals surface area contributed by atoms with Gasteiger partial charge in [-0.25, -0.2) is 0 Å². The van der Waals surface area contributed by atoms with Gasteiger partial charge in [0.2, 0.25) is 0 Å². The highest BCUT2D eigenvalue weighted by molar-refractivity contribution is 5.98. The fraction of sp³-hybridized carbons (Fsp3) is 0.615. The Labute approximate surface area is 91.3 Å². The highest BCUT2D eigenvalue weighted by Crippen LogP contribution is 2.22. The van der Waals surface area contributed by atoms with Crippen LogP contribution in [0.4, 0.5) is 0 Å². The van der Waals surface area contributed by atoms with Gasteiger partial charge < -0.3 is 4.57 Å². The predicted octanol–water partition coefficient (Wildman–Crippen LogP) is 3.05. The Balaban J connectivity index is 2.16. The number of aromatic nitrogens is 1. The maximum atomic E-state index is 11.6. The van der Waals surface area contributed by atoms with Crippen LogP contribution in [0, 0.1) is 5.92 Å². The molecule has 0 fully saturated rings. The minimum Gasteiger partial charge on any atom is -0.351 e. The van der Waals surface area contributed by atoms with Crippen molar-refractivity contribution in [3.05, 3.63) is 23.5 Å². The second-order valence-corrected chi connectivity index (χ2v) is 4.83. The van der Waals surface area contributed by atoms with Crippen LogP contribution in [0.5, 0.6) is 0 Å². The van der Waals surface area contributed by atoms with Gasteiger partial charge >= 0.3 is 0 Å². The van der Waals surface area contributed by atoms with E-state index >= 15 is 0 Å². The lowest BCUT2D eigenvalue weighted by atomic mass is 9.97. The van der Waals surface area contributed by atoms with Crippen molar-refractivity contribution in [2.24, 2.45) is 5.92 Å². The minimum atomic E-state index is 0.333. The van der Waals surface area contributed by atoms with Crippen LogP contribution in [-0.2, 0) is 13.0 Å². The summed E-state index contributed by atoms with van der Waals surface area (Å²) in [6.45, 7) is 5.53. The molecular weight excluding hydrogens is 186 g/mol. The Kier molecular flexibility index (Phi) is 2.94. The summed E-state index contributed by atoms with van der Waals surface area (Å²) < 4.78 is 2.27. The molecule has 0 bridgehead atoms. The molecule has 1 aromatic heterocycles. The topological polar surface area (TPSA) is 22.0 Å². The van der Waals surface area contributed by atoms with Gasteiger partial charge in [-0.05, 0) is 31.2 Å². The Morgan fingerprint density at radius 3 is 2.93 bits per heavy atom. The number of ketones is 1. The molecule has 0 spiro atoms. The van der Waals surface area contributed by atoms with Crippen LogP contribution in [0.25, 0.3) is 0 Å². The normalized spacial score (nSPS) is 15.8. The number of Topliss-reactive ketones (excluding diaryl/α,β-unsaturated/α-hetero) is 1. The molecule has 0 atom stereocenters. The van der Waals surface area contributed by atoms with Crippen molar-refractivity contribution in [2.75, 3.05) is 0 Å². The number of fused-ring (bicyclic) bond motifs is 1. The third-order valence-corrected chi connectivity index (χ3v) is 3.14. The molecule has 0 saturated heterocycles. The first-order valence-electron chi connectivity index (χ1n) is 5.89. The van der Waals surface area contributed by atoms with E-state index in [1.165, 1.54) is 12.1 Å². The zero-order chi connectivity index (χ0) is 10.8. The highest BCUT2D eigenvalue weighted by atomic mass is 16.1. The molecule has 82 valence electrons. The smallest absolute Gasteiger partial charge is 0.164 e. The van der Waals surface area contributed by atoms with Gasteiger partial charge in [0, 0.05) is 30.4 Å². The summed E-state index contributed by atoms with van der Waals surface area (Å²) in [5.41, 5.74) is 2.25. The molecule has 2 nitrogen and oxygen atoms in total. The maximum Gasteiger partial charge on any atom is 0.164 e. The summed E-state index contributed by atoms with van der Waals surface area (Å²) in [6.07, 6.45) is 6.11. The number of hydrogen-bond acceptors (Lipinski definition) is 1. The van der Waals surface area contributed by atoms with Crippen molar-refractivity contribution in [1.82, 2.24) is 4.57 Å². The van der Waals surface area contributed by atoms with E-state index in [9.17, 15) is 4.79 Å². The summed E-state index contributed by atoms with van der Waals surface area (Å²) >= 11 is 0. The van der Waals surface area contributed by atoms with E-state index in [2.05, 4.69) is 24.6 Å². The first-order chi connectivity index (χ1) is 7.18. The second kappa shape index (κ2) is 4.21. The Morgan fingerprint density at radius 2 is 2.20 bits per heavy atom. The van der Waals surface area contributed by atoms with E-state index in [1.54, 1.807) is 0 Å². The molecule has 1 aliphatic carbocycles. The summed E-state index contributed by atoms with van der Waals surface area (Å²) in [4.78, 5) is 11.6.